The number of methoxy groups -OCH3 is 1. The third-order valence-electron chi connectivity index (χ3n) is 6.84. The summed E-state index contributed by atoms with van der Waals surface area (Å²) in [7, 11) is 1.39. The van der Waals surface area contributed by atoms with E-state index in [1.165, 1.54) is 7.11 Å². The molecule has 1 fully saturated rings. The summed E-state index contributed by atoms with van der Waals surface area (Å²) in [6, 6.07) is 30.2. The summed E-state index contributed by atoms with van der Waals surface area (Å²) < 4.78 is 36.6. The van der Waals surface area contributed by atoms with Crippen molar-refractivity contribution in [1.82, 2.24) is 0 Å². The quantitative estimate of drug-likeness (QED) is 0.221. The molecule has 0 amide bonds. The molecule has 7 nitrogen and oxygen atoms in total. The maximum absolute atomic E-state index is 11.6. The van der Waals surface area contributed by atoms with E-state index in [0.29, 0.717) is 39.3 Å². The van der Waals surface area contributed by atoms with Gasteiger partial charge in [-0.3, -0.25) is 4.79 Å². The van der Waals surface area contributed by atoms with Gasteiger partial charge in [0, 0.05) is 12.8 Å². The Hall–Kier alpha value is -3.07. The van der Waals surface area contributed by atoms with Crippen LogP contribution in [-0.2, 0) is 53.0 Å². The van der Waals surface area contributed by atoms with Gasteiger partial charge in [0.25, 0.3) is 0 Å². The summed E-state index contributed by atoms with van der Waals surface area (Å²) in [6.45, 7) is 3.58. The van der Waals surface area contributed by atoms with Gasteiger partial charge in [-0.05, 0) is 30.0 Å². The first-order valence-electron chi connectivity index (χ1n) is 13.9. The Kier molecular flexibility index (Phi) is 12.2. The standard InChI is InChI=1S/C33H40O7/c1-25(18-19-31(34)35-2)39-32-20-29(37-22-27-14-8-4-9-15-27)33(38-23-28-16-10-5-11-17-28)30(40-32)24-36-21-26-12-6-3-7-13-26/h3-17,25,29-30,32-33H,18-24H2,1-2H3/t25-,29?,30?,32?,33?/m1/s1. The fourth-order valence-corrected chi connectivity index (χ4v) is 4.65. The van der Waals surface area contributed by atoms with Crippen molar-refractivity contribution in [2.45, 2.75) is 76.7 Å². The van der Waals surface area contributed by atoms with Crippen LogP contribution in [0.5, 0.6) is 0 Å². The molecule has 0 aliphatic carbocycles. The Morgan fingerprint density at radius 2 is 1.38 bits per heavy atom. The van der Waals surface area contributed by atoms with Crippen LogP contribution in [0.2, 0.25) is 0 Å². The topological polar surface area (TPSA) is 72.5 Å². The number of esters is 1. The molecule has 0 radical (unpaired) electrons. The Morgan fingerprint density at radius 1 is 0.825 bits per heavy atom. The van der Waals surface area contributed by atoms with Gasteiger partial charge in [-0.25, -0.2) is 0 Å². The average Bonchev–Trinajstić information content (AvgIpc) is 3.00. The van der Waals surface area contributed by atoms with Crippen LogP contribution in [0.3, 0.4) is 0 Å². The molecule has 5 atom stereocenters. The summed E-state index contributed by atoms with van der Waals surface area (Å²) in [4.78, 5) is 11.6. The summed E-state index contributed by atoms with van der Waals surface area (Å²) in [5, 5.41) is 0. The van der Waals surface area contributed by atoms with Gasteiger partial charge in [-0.15, -0.1) is 0 Å². The number of hydrogen-bond acceptors (Lipinski definition) is 7. The Labute approximate surface area is 237 Å². The van der Waals surface area contributed by atoms with Crippen molar-refractivity contribution in [3.05, 3.63) is 108 Å². The van der Waals surface area contributed by atoms with E-state index in [4.69, 9.17) is 28.4 Å². The van der Waals surface area contributed by atoms with E-state index in [1.54, 1.807) is 0 Å². The van der Waals surface area contributed by atoms with Crippen LogP contribution in [-0.4, -0.2) is 50.4 Å². The molecule has 3 aromatic rings. The van der Waals surface area contributed by atoms with Gasteiger partial charge in [0.2, 0.25) is 0 Å². The lowest BCUT2D eigenvalue weighted by Crippen LogP contribution is -2.53. The number of hydrogen-bond donors (Lipinski definition) is 0. The predicted octanol–water partition coefficient (Wildman–Crippen LogP) is 5.85. The first-order valence-corrected chi connectivity index (χ1v) is 13.9. The van der Waals surface area contributed by atoms with Crippen molar-refractivity contribution in [3.63, 3.8) is 0 Å². The zero-order valence-electron chi connectivity index (χ0n) is 23.4. The highest BCUT2D eigenvalue weighted by Gasteiger charge is 2.41. The third-order valence-corrected chi connectivity index (χ3v) is 6.84. The van der Waals surface area contributed by atoms with Gasteiger partial charge < -0.3 is 28.4 Å². The van der Waals surface area contributed by atoms with Crippen molar-refractivity contribution in [2.24, 2.45) is 0 Å². The molecule has 0 N–H and O–H groups in total. The number of carbonyl (C=O) groups is 1. The van der Waals surface area contributed by atoms with Crippen LogP contribution < -0.4 is 0 Å². The van der Waals surface area contributed by atoms with E-state index in [0.717, 1.165) is 16.7 Å². The number of ether oxygens (including phenoxy) is 6. The van der Waals surface area contributed by atoms with E-state index in [-0.39, 0.29) is 30.7 Å². The van der Waals surface area contributed by atoms with E-state index >= 15 is 0 Å². The Morgan fingerprint density at radius 3 is 1.95 bits per heavy atom. The van der Waals surface area contributed by atoms with Crippen LogP contribution in [0, 0.1) is 0 Å². The van der Waals surface area contributed by atoms with Crippen molar-refractivity contribution in [3.8, 4) is 0 Å². The largest absolute Gasteiger partial charge is 0.469 e. The highest BCUT2D eigenvalue weighted by atomic mass is 16.7. The highest BCUT2D eigenvalue weighted by molar-refractivity contribution is 5.69. The SMILES string of the molecule is COC(=O)CC[C@@H](C)OC1CC(OCc2ccccc2)C(OCc2ccccc2)C(COCc2ccccc2)O1. The molecule has 0 saturated carbocycles. The summed E-state index contributed by atoms with van der Waals surface area (Å²) in [5.41, 5.74) is 3.24. The second-order valence-corrected chi connectivity index (χ2v) is 10.00. The molecule has 0 spiro atoms. The van der Waals surface area contributed by atoms with E-state index < -0.39 is 12.4 Å². The van der Waals surface area contributed by atoms with Gasteiger partial charge in [-0.1, -0.05) is 91.0 Å². The Bertz CT molecular complexity index is 1110. The lowest BCUT2D eigenvalue weighted by Gasteiger charge is -2.42. The second kappa shape index (κ2) is 16.3. The van der Waals surface area contributed by atoms with Gasteiger partial charge in [0.05, 0.1) is 45.7 Å². The lowest BCUT2D eigenvalue weighted by atomic mass is 10.0. The van der Waals surface area contributed by atoms with Crippen molar-refractivity contribution < 1.29 is 33.2 Å². The molecule has 1 aliphatic heterocycles. The summed E-state index contributed by atoms with van der Waals surface area (Å²) >= 11 is 0. The zero-order valence-corrected chi connectivity index (χ0v) is 23.4. The molecule has 1 heterocycles. The fraction of sp³-hybridized carbons (Fsp3) is 0.424. The first-order chi connectivity index (χ1) is 19.6. The fourth-order valence-electron chi connectivity index (χ4n) is 4.65. The molecule has 3 aromatic carbocycles. The molecule has 0 bridgehead atoms. The molecule has 1 aliphatic rings. The van der Waals surface area contributed by atoms with Crippen LogP contribution in [0.4, 0.5) is 0 Å². The van der Waals surface area contributed by atoms with Crippen LogP contribution >= 0.6 is 0 Å². The van der Waals surface area contributed by atoms with Crippen molar-refractivity contribution >= 4 is 5.97 Å². The van der Waals surface area contributed by atoms with E-state index in [2.05, 4.69) is 0 Å². The molecule has 40 heavy (non-hydrogen) atoms. The second-order valence-electron chi connectivity index (χ2n) is 10.00. The van der Waals surface area contributed by atoms with E-state index in [9.17, 15) is 4.79 Å². The van der Waals surface area contributed by atoms with Crippen LogP contribution in [0.15, 0.2) is 91.0 Å². The maximum Gasteiger partial charge on any atom is 0.305 e. The third kappa shape index (κ3) is 9.84. The van der Waals surface area contributed by atoms with Crippen LogP contribution in [0.25, 0.3) is 0 Å². The van der Waals surface area contributed by atoms with Crippen LogP contribution in [0.1, 0.15) is 42.9 Å². The minimum Gasteiger partial charge on any atom is -0.469 e. The monoisotopic (exact) mass is 548 g/mol. The number of rotatable bonds is 15. The van der Waals surface area contributed by atoms with Gasteiger partial charge in [0.15, 0.2) is 6.29 Å². The molecular weight excluding hydrogens is 508 g/mol. The van der Waals surface area contributed by atoms with Crippen molar-refractivity contribution in [2.75, 3.05) is 13.7 Å². The Balaban J connectivity index is 1.47. The molecule has 4 unspecified atom stereocenters. The minimum atomic E-state index is -0.532. The lowest BCUT2D eigenvalue weighted by molar-refractivity contribution is -0.287. The highest BCUT2D eigenvalue weighted by Crippen LogP contribution is 2.29. The maximum atomic E-state index is 11.6. The molecule has 214 valence electrons. The number of benzene rings is 3. The molecular formula is C33H40O7. The van der Waals surface area contributed by atoms with Crippen molar-refractivity contribution in [1.29, 1.82) is 0 Å². The van der Waals surface area contributed by atoms with Gasteiger partial charge in [0.1, 0.15) is 12.2 Å². The van der Waals surface area contributed by atoms with Gasteiger partial charge in [-0.2, -0.15) is 0 Å². The average molecular weight is 549 g/mol. The molecule has 7 heteroatoms. The minimum absolute atomic E-state index is 0.202. The normalized spacial score (nSPS) is 21.6. The smallest absolute Gasteiger partial charge is 0.305 e. The predicted molar refractivity (Wildman–Crippen MR) is 151 cm³/mol. The van der Waals surface area contributed by atoms with Gasteiger partial charge >= 0.3 is 5.97 Å². The first kappa shape index (κ1) is 29.9. The van der Waals surface area contributed by atoms with E-state index in [1.807, 2.05) is 97.9 Å². The molecule has 4 rings (SSSR count). The number of carbonyl (C=O) groups excluding carboxylic acids is 1. The molecule has 1 saturated heterocycles. The summed E-state index contributed by atoms with van der Waals surface area (Å²) in [5.74, 6) is -0.259. The summed E-state index contributed by atoms with van der Waals surface area (Å²) in [6.07, 6.45) is -0.507. The zero-order chi connectivity index (χ0) is 28.0. The molecule has 0 aromatic heterocycles.